The average Bonchev–Trinajstić information content (AvgIpc) is 3.04. The molecule has 0 heterocycles. The molecule has 4 N–H and O–H groups in total. The minimum Gasteiger partial charge on any atom is -0.398 e. The quantitative estimate of drug-likeness (QED) is 0.114. The van der Waals surface area contributed by atoms with Crippen molar-refractivity contribution in [1.29, 1.82) is 0 Å². The number of hydrogen-bond donors (Lipinski definition) is 2. The van der Waals surface area contributed by atoms with E-state index in [-0.39, 0.29) is 0 Å². The molecule has 0 aliphatic heterocycles. The third-order valence-electron chi connectivity index (χ3n) is 7.40. The van der Waals surface area contributed by atoms with Crippen molar-refractivity contribution in [2.24, 2.45) is 10.7 Å². The fourth-order valence-corrected chi connectivity index (χ4v) is 5.21. The zero-order valence-electron chi connectivity index (χ0n) is 25.2. The van der Waals surface area contributed by atoms with Gasteiger partial charge in [0, 0.05) is 22.2 Å². The topological polar surface area (TPSA) is 64.4 Å². The van der Waals surface area contributed by atoms with E-state index in [2.05, 4.69) is 92.4 Å². The first-order valence-electron chi connectivity index (χ1n) is 14.7. The molecule has 0 radical (unpaired) electrons. The normalized spacial score (nSPS) is 11.4. The second-order valence-corrected chi connectivity index (χ2v) is 9.94. The zero-order valence-corrected chi connectivity index (χ0v) is 25.2. The molecule has 0 aliphatic carbocycles. The van der Waals surface area contributed by atoms with Crippen LogP contribution >= 0.6 is 0 Å². The molecule has 212 valence electrons. The number of nitrogens with two attached hydrogens (primary N) is 2. The first-order valence-corrected chi connectivity index (χ1v) is 14.7. The molecule has 42 heavy (non-hydrogen) atoms. The lowest BCUT2D eigenvalue weighted by atomic mass is 9.95. The molecule has 0 spiro atoms. The van der Waals surface area contributed by atoms with Crippen LogP contribution in [0, 0.1) is 0 Å². The van der Waals surface area contributed by atoms with Crippen LogP contribution in [0.1, 0.15) is 61.1 Å². The maximum atomic E-state index is 6.64. The van der Waals surface area contributed by atoms with Gasteiger partial charge in [-0.15, -0.1) is 0 Å². The van der Waals surface area contributed by atoms with E-state index in [1.807, 2.05) is 57.2 Å². The maximum absolute atomic E-state index is 6.64. The van der Waals surface area contributed by atoms with E-state index in [1.165, 1.54) is 11.1 Å². The van der Waals surface area contributed by atoms with Gasteiger partial charge in [0.25, 0.3) is 0 Å². The smallest absolute Gasteiger partial charge is 0.131 e. The highest BCUT2D eigenvalue weighted by atomic mass is 14.9. The van der Waals surface area contributed by atoms with Gasteiger partial charge in [0.1, 0.15) is 5.84 Å². The molecule has 0 amide bonds. The summed E-state index contributed by atoms with van der Waals surface area (Å²) in [5.41, 5.74) is 23.6. The SMILES string of the molecule is C=Cc1ccc(C(N)=Nc2c(Cc3ccc(-c4cccc(/C=C\C)c4N)cc3)ccc3ccccc23)cc1CC.CC. The Kier molecular flexibility index (Phi) is 10.1. The molecule has 0 fully saturated rings. The molecule has 0 bridgehead atoms. The van der Waals surface area contributed by atoms with Crippen molar-refractivity contribution < 1.29 is 0 Å². The van der Waals surface area contributed by atoms with E-state index >= 15 is 0 Å². The van der Waals surface area contributed by atoms with Crippen molar-refractivity contribution in [2.45, 2.75) is 40.5 Å². The summed E-state index contributed by atoms with van der Waals surface area (Å²) in [5.74, 6) is 0.509. The predicted molar refractivity (Wildman–Crippen MR) is 185 cm³/mol. The summed E-state index contributed by atoms with van der Waals surface area (Å²) in [4.78, 5) is 5.03. The Morgan fingerprint density at radius 2 is 1.60 bits per heavy atom. The largest absolute Gasteiger partial charge is 0.398 e. The van der Waals surface area contributed by atoms with Gasteiger partial charge in [-0.1, -0.05) is 137 Å². The molecule has 3 heteroatoms. The van der Waals surface area contributed by atoms with Crippen molar-refractivity contribution in [2.75, 3.05) is 5.73 Å². The van der Waals surface area contributed by atoms with Crippen LogP contribution < -0.4 is 11.5 Å². The number of amidine groups is 1. The molecule has 0 saturated heterocycles. The van der Waals surface area contributed by atoms with Crippen LogP contribution in [0.25, 0.3) is 34.1 Å². The monoisotopic (exact) mass is 551 g/mol. The standard InChI is InChI=1S/C37H35N3.C2H6/c1-4-10-30-12-9-14-33(35(30)38)29-17-15-25(16-18-29)23-31-21-20-28-11-7-8-13-34(28)36(31)40-37(39)32-22-19-26(5-2)27(6-3)24-32;1-2/h4-5,7-22,24H,2,6,23,38H2,1,3H3,(H2,39,40);1-2H3/b10-4-;. The minimum absolute atomic E-state index is 0.509. The maximum Gasteiger partial charge on any atom is 0.131 e. The summed E-state index contributed by atoms with van der Waals surface area (Å²) in [6.07, 6.45) is 7.58. The highest BCUT2D eigenvalue weighted by Crippen LogP contribution is 2.34. The molecule has 0 atom stereocenters. The number of allylic oxidation sites excluding steroid dienone is 1. The van der Waals surface area contributed by atoms with Gasteiger partial charge in [-0.25, -0.2) is 4.99 Å². The second-order valence-electron chi connectivity index (χ2n) is 9.94. The van der Waals surface area contributed by atoms with Crippen molar-refractivity contribution in [3.63, 3.8) is 0 Å². The van der Waals surface area contributed by atoms with E-state index in [4.69, 9.17) is 16.5 Å². The summed E-state index contributed by atoms with van der Waals surface area (Å²) < 4.78 is 0. The Labute approximate surface area is 251 Å². The number of aryl methyl sites for hydroxylation is 1. The first kappa shape index (κ1) is 30.1. The highest BCUT2D eigenvalue weighted by Gasteiger charge is 2.12. The third kappa shape index (κ3) is 6.53. The molecular weight excluding hydrogens is 510 g/mol. The van der Waals surface area contributed by atoms with Gasteiger partial charge in [-0.2, -0.15) is 0 Å². The lowest BCUT2D eigenvalue weighted by molar-refractivity contribution is 1.13. The number of nitrogens with zero attached hydrogens (tertiary/aromatic N) is 1. The Balaban J connectivity index is 0.00000198. The number of hydrogen-bond acceptors (Lipinski definition) is 2. The van der Waals surface area contributed by atoms with Crippen LogP contribution in [0.5, 0.6) is 0 Å². The zero-order chi connectivity index (χ0) is 30.1. The third-order valence-corrected chi connectivity index (χ3v) is 7.40. The van der Waals surface area contributed by atoms with Crippen LogP contribution in [0.15, 0.2) is 115 Å². The Morgan fingerprint density at radius 3 is 2.31 bits per heavy atom. The van der Waals surface area contributed by atoms with E-state index in [1.54, 1.807) is 0 Å². The number of aliphatic imine (C=N–C) groups is 1. The highest BCUT2D eigenvalue weighted by molar-refractivity contribution is 6.03. The number of rotatable bonds is 8. The number of para-hydroxylation sites is 1. The number of nitrogen functional groups attached to an aromatic ring is 1. The van der Waals surface area contributed by atoms with Gasteiger partial charge < -0.3 is 11.5 Å². The van der Waals surface area contributed by atoms with Crippen LogP contribution in [-0.2, 0) is 12.8 Å². The average molecular weight is 552 g/mol. The molecule has 0 unspecified atom stereocenters. The summed E-state index contributed by atoms with van der Waals surface area (Å²) in [5, 5.41) is 2.23. The van der Waals surface area contributed by atoms with Gasteiger partial charge >= 0.3 is 0 Å². The molecule has 0 aliphatic rings. The minimum atomic E-state index is 0.509. The van der Waals surface area contributed by atoms with E-state index in [0.29, 0.717) is 5.84 Å². The number of anilines is 1. The van der Waals surface area contributed by atoms with Crippen LogP contribution in [0.4, 0.5) is 11.4 Å². The number of fused-ring (bicyclic) bond motifs is 1. The molecular formula is C39H41N3. The molecule has 0 aromatic heterocycles. The van der Waals surface area contributed by atoms with E-state index in [9.17, 15) is 0 Å². The molecule has 5 aromatic rings. The summed E-state index contributed by atoms with van der Waals surface area (Å²) in [6, 6.07) is 33.7. The van der Waals surface area contributed by atoms with Gasteiger partial charge in [0.05, 0.1) is 5.69 Å². The Morgan fingerprint density at radius 1 is 0.833 bits per heavy atom. The number of benzene rings is 5. The Bertz CT molecular complexity index is 1740. The van der Waals surface area contributed by atoms with E-state index in [0.717, 1.165) is 68.4 Å². The molecule has 5 aromatic carbocycles. The lowest BCUT2D eigenvalue weighted by Gasteiger charge is -2.13. The van der Waals surface area contributed by atoms with Gasteiger partial charge in [-0.05, 0) is 64.6 Å². The van der Waals surface area contributed by atoms with Gasteiger partial charge in [-0.3, -0.25) is 0 Å². The van der Waals surface area contributed by atoms with Crippen LogP contribution in [0.3, 0.4) is 0 Å². The lowest BCUT2D eigenvalue weighted by Crippen LogP contribution is -2.13. The summed E-state index contributed by atoms with van der Waals surface area (Å²) in [6.45, 7) is 12.1. The molecule has 5 rings (SSSR count). The molecule has 3 nitrogen and oxygen atoms in total. The predicted octanol–water partition coefficient (Wildman–Crippen LogP) is 9.98. The fourth-order valence-electron chi connectivity index (χ4n) is 5.21. The molecule has 0 saturated carbocycles. The van der Waals surface area contributed by atoms with Crippen LogP contribution in [-0.4, -0.2) is 5.84 Å². The fraction of sp³-hybridized carbons (Fsp3) is 0.154. The van der Waals surface area contributed by atoms with Crippen molar-refractivity contribution in [1.82, 2.24) is 0 Å². The van der Waals surface area contributed by atoms with Gasteiger partial charge in [0.15, 0.2) is 0 Å². The Hall–Kier alpha value is -4.89. The first-order chi connectivity index (χ1) is 20.5. The summed E-state index contributed by atoms with van der Waals surface area (Å²) in [7, 11) is 0. The van der Waals surface area contributed by atoms with Gasteiger partial charge in [0.2, 0.25) is 0 Å². The van der Waals surface area contributed by atoms with Crippen LogP contribution in [0.2, 0.25) is 0 Å². The second kappa shape index (κ2) is 14.1. The van der Waals surface area contributed by atoms with Crippen molar-refractivity contribution >= 4 is 40.1 Å². The van der Waals surface area contributed by atoms with Crippen molar-refractivity contribution in [3.8, 4) is 11.1 Å². The van der Waals surface area contributed by atoms with Crippen molar-refractivity contribution in [3.05, 3.63) is 143 Å². The van der Waals surface area contributed by atoms with E-state index < -0.39 is 0 Å². The summed E-state index contributed by atoms with van der Waals surface area (Å²) >= 11 is 0.